The Labute approximate surface area is 151 Å². The summed E-state index contributed by atoms with van der Waals surface area (Å²) in [6, 6.07) is 14.4. The Bertz CT molecular complexity index is 834. The summed E-state index contributed by atoms with van der Waals surface area (Å²) in [6.07, 6.45) is 2.76. The maximum atomic E-state index is 6.00. The lowest BCUT2D eigenvalue weighted by molar-refractivity contribution is 0.570. The van der Waals surface area contributed by atoms with E-state index >= 15 is 0 Å². The van der Waals surface area contributed by atoms with Gasteiger partial charge in [-0.25, -0.2) is 0 Å². The first-order valence-corrected chi connectivity index (χ1v) is 8.64. The second-order valence-electron chi connectivity index (χ2n) is 5.59. The molecule has 3 rings (SSSR count). The van der Waals surface area contributed by atoms with Crippen molar-refractivity contribution in [2.24, 2.45) is 0 Å². The van der Waals surface area contributed by atoms with Crippen molar-refractivity contribution in [1.29, 1.82) is 0 Å². The molecular formula is C18H19ClN4S. The fraction of sp³-hybridized carbons (Fsp3) is 0.222. The van der Waals surface area contributed by atoms with Gasteiger partial charge in [-0.3, -0.25) is 4.68 Å². The van der Waals surface area contributed by atoms with Gasteiger partial charge >= 0.3 is 0 Å². The predicted molar refractivity (Wildman–Crippen MR) is 105 cm³/mol. The normalized spacial score (nSPS) is 10.8. The van der Waals surface area contributed by atoms with Crippen molar-refractivity contribution in [3.05, 3.63) is 59.4 Å². The van der Waals surface area contributed by atoms with Crippen LogP contribution in [0.25, 0.3) is 10.8 Å². The molecule has 0 aliphatic carbocycles. The van der Waals surface area contributed by atoms with E-state index in [2.05, 4.69) is 33.9 Å². The van der Waals surface area contributed by atoms with Gasteiger partial charge in [0.15, 0.2) is 5.11 Å². The number of hydrogen-bond donors (Lipinski definition) is 2. The number of benzene rings is 2. The molecule has 0 aliphatic rings. The van der Waals surface area contributed by atoms with Crippen LogP contribution < -0.4 is 10.6 Å². The van der Waals surface area contributed by atoms with Crippen molar-refractivity contribution in [1.82, 2.24) is 15.1 Å². The Hall–Kier alpha value is -2.11. The van der Waals surface area contributed by atoms with Crippen LogP contribution in [-0.4, -0.2) is 21.4 Å². The molecule has 0 unspecified atom stereocenters. The van der Waals surface area contributed by atoms with E-state index in [9.17, 15) is 0 Å². The molecule has 0 bridgehead atoms. The molecule has 24 heavy (non-hydrogen) atoms. The third kappa shape index (κ3) is 4.04. The number of nitrogens with one attached hydrogen (secondary N) is 2. The van der Waals surface area contributed by atoms with E-state index in [1.807, 2.05) is 42.1 Å². The molecule has 0 saturated carbocycles. The zero-order valence-electron chi connectivity index (χ0n) is 13.4. The zero-order valence-corrected chi connectivity index (χ0v) is 15.0. The molecule has 1 aromatic heterocycles. The lowest BCUT2D eigenvalue weighted by Crippen LogP contribution is -2.29. The fourth-order valence-electron chi connectivity index (χ4n) is 2.55. The highest BCUT2D eigenvalue weighted by atomic mass is 35.5. The first kappa shape index (κ1) is 16.7. The molecule has 2 aromatic carbocycles. The summed E-state index contributed by atoms with van der Waals surface area (Å²) in [4.78, 5) is 0. The van der Waals surface area contributed by atoms with Crippen LogP contribution >= 0.6 is 23.8 Å². The van der Waals surface area contributed by atoms with Gasteiger partial charge in [0.25, 0.3) is 0 Å². The summed E-state index contributed by atoms with van der Waals surface area (Å²) in [7, 11) is 0. The van der Waals surface area contributed by atoms with Gasteiger partial charge in [-0.05, 0) is 37.0 Å². The van der Waals surface area contributed by atoms with Crippen LogP contribution in [-0.2, 0) is 6.54 Å². The number of hydrogen-bond acceptors (Lipinski definition) is 2. The van der Waals surface area contributed by atoms with E-state index in [4.69, 9.17) is 23.8 Å². The molecule has 2 N–H and O–H groups in total. The topological polar surface area (TPSA) is 41.9 Å². The summed E-state index contributed by atoms with van der Waals surface area (Å²) in [6.45, 7) is 3.48. The van der Waals surface area contributed by atoms with Crippen LogP contribution in [0.3, 0.4) is 0 Å². The average Bonchev–Trinajstić information content (AvgIpc) is 2.90. The second kappa shape index (κ2) is 7.64. The van der Waals surface area contributed by atoms with Crippen molar-refractivity contribution in [2.45, 2.75) is 19.9 Å². The Morgan fingerprint density at radius 1 is 1.21 bits per heavy atom. The van der Waals surface area contributed by atoms with E-state index in [-0.39, 0.29) is 0 Å². The maximum absolute atomic E-state index is 6.00. The molecule has 0 amide bonds. The minimum Gasteiger partial charge on any atom is -0.362 e. The van der Waals surface area contributed by atoms with Crippen LogP contribution in [0, 0.1) is 6.92 Å². The minimum atomic E-state index is 0.626. The van der Waals surface area contributed by atoms with Crippen molar-refractivity contribution in [3.8, 4) is 0 Å². The standard InChI is InChI=1S/C18H19ClN4S/c1-13-16(19)12-23(22-13)11-5-10-20-18(24)21-17-9-4-7-14-6-2-3-8-15(14)17/h2-4,6-9,12H,5,10-11H2,1H3,(H2,20,21,24). The Morgan fingerprint density at radius 3 is 2.79 bits per heavy atom. The monoisotopic (exact) mass is 358 g/mol. The largest absolute Gasteiger partial charge is 0.362 e. The van der Waals surface area contributed by atoms with Crippen molar-refractivity contribution in [3.63, 3.8) is 0 Å². The molecule has 0 saturated heterocycles. The first-order valence-electron chi connectivity index (χ1n) is 7.85. The van der Waals surface area contributed by atoms with Crippen molar-refractivity contribution >= 4 is 45.4 Å². The molecule has 0 spiro atoms. The number of anilines is 1. The molecule has 0 aliphatic heterocycles. The molecule has 0 atom stereocenters. The Balaban J connectivity index is 1.50. The van der Waals surface area contributed by atoms with E-state index in [0.29, 0.717) is 10.1 Å². The summed E-state index contributed by atoms with van der Waals surface area (Å²) < 4.78 is 1.86. The molecule has 6 heteroatoms. The Kier molecular flexibility index (Phi) is 5.33. The van der Waals surface area contributed by atoms with E-state index in [0.717, 1.165) is 36.3 Å². The van der Waals surface area contributed by atoms with Gasteiger partial charge in [-0.1, -0.05) is 48.0 Å². The molecule has 0 fully saturated rings. The van der Waals surface area contributed by atoms with Crippen LogP contribution in [0.4, 0.5) is 5.69 Å². The van der Waals surface area contributed by atoms with Crippen LogP contribution in [0.15, 0.2) is 48.7 Å². The van der Waals surface area contributed by atoms with Gasteiger partial charge in [0.05, 0.1) is 10.7 Å². The van der Waals surface area contributed by atoms with Gasteiger partial charge < -0.3 is 10.6 Å². The van der Waals surface area contributed by atoms with Gasteiger partial charge in [-0.15, -0.1) is 0 Å². The quantitative estimate of drug-likeness (QED) is 0.524. The molecule has 124 valence electrons. The summed E-state index contributed by atoms with van der Waals surface area (Å²) in [5.74, 6) is 0. The summed E-state index contributed by atoms with van der Waals surface area (Å²) in [5, 5.41) is 14.5. The highest BCUT2D eigenvalue weighted by Crippen LogP contribution is 2.22. The number of aryl methyl sites for hydroxylation is 2. The highest BCUT2D eigenvalue weighted by molar-refractivity contribution is 7.80. The SMILES string of the molecule is Cc1nn(CCCNC(=S)Nc2cccc3ccccc23)cc1Cl. The molecule has 0 radical (unpaired) electrons. The third-order valence-electron chi connectivity index (χ3n) is 3.77. The number of fused-ring (bicyclic) bond motifs is 1. The molecule has 3 aromatic rings. The minimum absolute atomic E-state index is 0.626. The number of halogens is 1. The highest BCUT2D eigenvalue weighted by Gasteiger charge is 2.03. The van der Waals surface area contributed by atoms with Gasteiger partial charge in [-0.2, -0.15) is 5.10 Å². The maximum Gasteiger partial charge on any atom is 0.170 e. The molecule has 1 heterocycles. The van der Waals surface area contributed by atoms with E-state index in [1.54, 1.807) is 0 Å². The van der Waals surface area contributed by atoms with Gasteiger partial charge in [0.1, 0.15) is 0 Å². The fourth-order valence-corrected chi connectivity index (χ4v) is 2.91. The van der Waals surface area contributed by atoms with Gasteiger partial charge in [0.2, 0.25) is 0 Å². The summed E-state index contributed by atoms with van der Waals surface area (Å²) in [5.41, 5.74) is 1.87. The number of nitrogens with zero attached hydrogens (tertiary/aromatic N) is 2. The number of rotatable bonds is 5. The third-order valence-corrected chi connectivity index (χ3v) is 4.39. The van der Waals surface area contributed by atoms with Crippen LogP contribution in [0.1, 0.15) is 12.1 Å². The number of aromatic nitrogens is 2. The number of thiocarbonyl (C=S) groups is 1. The molecular weight excluding hydrogens is 340 g/mol. The van der Waals surface area contributed by atoms with Crippen LogP contribution in [0.2, 0.25) is 5.02 Å². The zero-order chi connectivity index (χ0) is 16.9. The van der Waals surface area contributed by atoms with E-state index < -0.39 is 0 Å². The summed E-state index contributed by atoms with van der Waals surface area (Å²) >= 11 is 11.4. The predicted octanol–water partition coefficient (Wildman–Crippen LogP) is 4.37. The van der Waals surface area contributed by atoms with Crippen LogP contribution in [0.5, 0.6) is 0 Å². The lowest BCUT2D eigenvalue weighted by atomic mass is 10.1. The lowest BCUT2D eigenvalue weighted by Gasteiger charge is -2.12. The average molecular weight is 359 g/mol. The molecule has 4 nitrogen and oxygen atoms in total. The second-order valence-corrected chi connectivity index (χ2v) is 6.40. The van der Waals surface area contributed by atoms with E-state index in [1.165, 1.54) is 5.39 Å². The van der Waals surface area contributed by atoms with Crippen molar-refractivity contribution in [2.75, 3.05) is 11.9 Å². The van der Waals surface area contributed by atoms with Crippen molar-refractivity contribution < 1.29 is 0 Å². The van der Waals surface area contributed by atoms with Gasteiger partial charge in [0, 0.05) is 30.4 Å². The Morgan fingerprint density at radius 2 is 2.00 bits per heavy atom. The smallest absolute Gasteiger partial charge is 0.170 e. The first-order chi connectivity index (χ1) is 11.6.